The first-order chi connectivity index (χ1) is 18.9. The van der Waals surface area contributed by atoms with Gasteiger partial charge in [0.1, 0.15) is 11.5 Å². The third kappa shape index (κ3) is 5.56. The maximum absolute atomic E-state index is 13.9. The molecule has 0 spiro atoms. The van der Waals surface area contributed by atoms with Crippen LogP contribution in [0.15, 0.2) is 57.5 Å². The van der Waals surface area contributed by atoms with Crippen LogP contribution in [0.4, 0.5) is 0 Å². The van der Waals surface area contributed by atoms with E-state index in [0.29, 0.717) is 67.9 Å². The topological polar surface area (TPSA) is 97.6 Å². The van der Waals surface area contributed by atoms with Gasteiger partial charge in [-0.05, 0) is 69.7 Å². The summed E-state index contributed by atoms with van der Waals surface area (Å²) in [4.78, 5) is 32.3. The second kappa shape index (κ2) is 12.2. The summed E-state index contributed by atoms with van der Waals surface area (Å²) >= 11 is 1.23. The quantitative estimate of drug-likeness (QED) is 0.355. The summed E-state index contributed by atoms with van der Waals surface area (Å²) in [5, 5.41) is 0. The maximum atomic E-state index is 13.9. The fraction of sp³-hybridized carbons (Fsp3) is 0.345. The van der Waals surface area contributed by atoms with Gasteiger partial charge in [0.15, 0.2) is 16.3 Å². The van der Waals surface area contributed by atoms with E-state index in [2.05, 4.69) is 4.99 Å². The molecule has 9 nitrogen and oxygen atoms in total. The lowest BCUT2D eigenvalue weighted by molar-refractivity contribution is -0.139. The van der Waals surface area contributed by atoms with E-state index in [1.54, 1.807) is 64.5 Å². The normalized spacial score (nSPS) is 14.9. The molecule has 0 saturated carbocycles. The molecule has 0 radical (unpaired) electrons. The number of rotatable bonds is 10. The van der Waals surface area contributed by atoms with Crippen molar-refractivity contribution in [3.8, 4) is 23.0 Å². The van der Waals surface area contributed by atoms with Crippen molar-refractivity contribution in [3.05, 3.63) is 78.5 Å². The van der Waals surface area contributed by atoms with Crippen LogP contribution in [0, 0.1) is 0 Å². The van der Waals surface area contributed by atoms with Crippen LogP contribution in [-0.4, -0.2) is 44.6 Å². The Bertz CT molecular complexity index is 1590. The second-order valence-electron chi connectivity index (χ2n) is 8.48. The zero-order valence-corrected chi connectivity index (χ0v) is 23.7. The van der Waals surface area contributed by atoms with Crippen molar-refractivity contribution in [2.45, 2.75) is 33.7 Å². The summed E-state index contributed by atoms with van der Waals surface area (Å²) in [6.07, 6.45) is 1.75. The van der Waals surface area contributed by atoms with Crippen molar-refractivity contribution in [1.29, 1.82) is 0 Å². The van der Waals surface area contributed by atoms with Crippen LogP contribution in [0.25, 0.3) is 6.08 Å². The van der Waals surface area contributed by atoms with Crippen molar-refractivity contribution in [1.82, 2.24) is 4.57 Å². The number of carbonyl (C=O) groups is 1. The summed E-state index contributed by atoms with van der Waals surface area (Å²) in [7, 11) is 3.14. The van der Waals surface area contributed by atoms with Gasteiger partial charge in [-0.25, -0.2) is 9.79 Å². The molecule has 0 bridgehead atoms. The number of ether oxygens (including phenoxy) is 5. The highest BCUT2D eigenvalue weighted by atomic mass is 32.1. The Morgan fingerprint density at radius 2 is 1.69 bits per heavy atom. The molecule has 0 saturated heterocycles. The molecule has 2 aromatic carbocycles. The molecule has 3 aromatic rings. The number of thiazole rings is 1. The molecule has 10 heteroatoms. The van der Waals surface area contributed by atoms with Gasteiger partial charge in [-0.15, -0.1) is 0 Å². The number of aromatic nitrogens is 1. The monoisotopic (exact) mass is 552 g/mol. The zero-order valence-electron chi connectivity index (χ0n) is 22.9. The predicted octanol–water partition coefficient (Wildman–Crippen LogP) is 3.61. The van der Waals surface area contributed by atoms with Gasteiger partial charge in [0.2, 0.25) is 0 Å². The van der Waals surface area contributed by atoms with Gasteiger partial charge >= 0.3 is 5.97 Å². The molecule has 1 aliphatic rings. The number of hydrogen-bond acceptors (Lipinski definition) is 9. The Morgan fingerprint density at radius 1 is 0.974 bits per heavy atom. The van der Waals surface area contributed by atoms with Crippen molar-refractivity contribution in [2.75, 3.05) is 34.0 Å². The summed E-state index contributed by atoms with van der Waals surface area (Å²) < 4.78 is 29.8. The molecule has 1 aromatic heterocycles. The molecule has 2 heterocycles. The number of methoxy groups -OCH3 is 2. The highest BCUT2D eigenvalue weighted by Crippen LogP contribution is 2.36. The summed E-state index contributed by atoms with van der Waals surface area (Å²) in [5.41, 5.74) is 1.83. The minimum atomic E-state index is -0.774. The molecule has 1 atom stereocenters. The van der Waals surface area contributed by atoms with E-state index < -0.39 is 12.0 Å². The first-order valence-corrected chi connectivity index (χ1v) is 13.5. The van der Waals surface area contributed by atoms with Gasteiger partial charge in [0, 0.05) is 5.56 Å². The molecular formula is C29H32N2O7S. The van der Waals surface area contributed by atoms with Gasteiger partial charge in [0.25, 0.3) is 5.56 Å². The van der Waals surface area contributed by atoms with Crippen molar-refractivity contribution in [3.63, 3.8) is 0 Å². The SMILES string of the molecule is CCOC(=O)C1=C(C)N=c2sc(=Cc3cc(OC)ccc3OC)c(=O)n2C1c1ccc(OCC)c(OCC)c1. The molecule has 1 aliphatic heterocycles. The number of benzene rings is 2. The van der Waals surface area contributed by atoms with Gasteiger partial charge in [-0.1, -0.05) is 17.4 Å². The van der Waals surface area contributed by atoms with Crippen LogP contribution in [0.2, 0.25) is 0 Å². The van der Waals surface area contributed by atoms with E-state index in [4.69, 9.17) is 23.7 Å². The summed E-state index contributed by atoms with van der Waals surface area (Å²) in [6, 6.07) is 10.0. The Morgan fingerprint density at radius 3 is 2.36 bits per heavy atom. The molecule has 4 rings (SSSR count). The fourth-order valence-electron chi connectivity index (χ4n) is 4.44. The highest BCUT2D eigenvalue weighted by Gasteiger charge is 2.34. The first kappa shape index (κ1) is 28.0. The van der Waals surface area contributed by atoms with Crippen LogP contribution < -0.4 is 33.8 Å². The molecule has 0 aliphatic carbocycles. The van der Waals surface area contributed by atoms with E-state index in [1.165, 1.54) is 15.9 Å². The van der Waals surface area contributed by atoms with Crippen LogP contribution in [-0.2, 0) is 9.53 Å². The minimum absolute atomic E-state index is 0.190. The maximum Gasteiger partial charge on any atom is 0.338 e. The van der Waals surface area contributed by atoms with E-state index in [-0.39, 0.29) is 12.2 Å². The van der Waals surface area contributed by atoms with Crippen molar-refractivity contribution < 1.29 is 28.5 Å². The number of allylic oxidation sites excluding steroid dienone is 1. The Hall–Kier alpha value is -4.05. The second-order valence-corrected chi connectivity index (χ2v) is 9.49. The van der Waals surface area contributed by atoms with Gasteiger partial charge in [-0.2, -0.15) is 0 Å². The van der Waals surface area contributed by atoms with E-state index >= 15 is 0 Å². The summed E-state index contributed by atoms with van der Waals surface area (Å²) in [6.45, 7) is 8.35. The van der Waals surface area contributed by atoms with E-state index in [0.717, 1.165) is 0 Å². The van der Waals surface area contributed by atoms with Gasteiger partial charge in [-0.3, -0.25) is 9.36 Å². The van der Waals surface area contributed by atoms with Crippen LogP contribution in [0.1, 0.15) is 44.9 Å². The number of fused-ring (bicyclic) bond motifs is 1. The molecule has 206 valence electrons. The molecular weight excluding hydrogens is 520 g/mol. The number of nitrogens with zero attached hydrogens (tertiary/aromatic N) is 2. The third-order valence-electron chi connectivity index (χ3n) is 6.12. The van der Waals surface area contributed by atoms with Crippen LogP contribution >= 0.6 is 11.3 Å². The van der Waals surface area contributed by atoms with Gasteiger partial charge < -0.3 is 23.7 Å². The molecule has 1 unspecified atom stereocenters. The number of carbonyl (C=O) groups excluding carboxylic acids is 1. The van der Waals surface area contributed by atoms with Crippen molar-refractivity contribution in [2.24, 2.45) is 4.99 Å². The lowest BCUT2D eigenvalue weighted by atomic mass is 9.95. The molecule has 0 N–H and O–H groups in total. The molecule has 0 amide bonds. The first-order valence-electron chi connectivity index (χ1n) is 12.7. The fourth-order valence-corrected chi connectivity index (χ4v) is 5.48. The lowest BCUT2D eigenvalue weighted by Gasteiger charge is -2.25. The zero-order chi connectivity index (χ0) is 28.1. The Kier molecular flexibility index (Phi) is 8.75. The van der Waals surface area contributed by atoms with Crippen LogP contribution in [0.5, 0.6) is 23.0 Å². The number of hydrogen-bond donors (Lipinski definition) is 0. The number of esters is 1. The highest BCUT2D eigenvalue weighted by molar-refractivity contribution is 7.07. The lowest BCUT2D eigenvalue weighted by Crippen LogP contribution is -2.40. The Labute approximate surface area is 230 Å². The smallest absolute Gasteiger partial charge is 0.338 e. The predicted molar refractivity (Wildman–Crippen MR) is 149 cm³/mol. The van der Waals surface area contributed by atoms with Crippen LogP contribution in [0.3, 0.4) is 0 Å². The standard InChI is InChI=1S/C29H32N2O7S/c1-7-36-22-12-10-18(15-23(22)37-8-2)26-25(28(33)38-9-3)17(4)30-29-31(26)27(32)24(39-29)16-19-14-20(34-5)11-13-21(19)35-6/h10-16,26H,7-9H2,1-6H3. The van der Waals surface area contributed by atoms with Gasteiger partial charge in [0.05, 0.1) is 55.9 Å². The van der Waals surface area contributed by atoms with Crippen molar-refractivity contribution >= 4 is 23.4 Å². The average Bonchev–Trinajstić information content (AvgIpc) is 3.23. The van der Waals surface area contributed by atoms with E-state index in [9.17, 15) is 9.59 Å². The molecule has 39 heavy (non-hydrogen) atoms. The summed E-state index contributed by atoms with van der Waals surface area (Å²) in [5.74, 6) is 1.80. The van der Waals surface area contributed by atoms with E-state index in [1.807, 2.05) is 19.9 Å². The minimum Gasteiger partial charge on any atom is -0.497 e. The average molecular weight is 553 g/mol. The largest absolute Gasteiger partial charge is 0.497 e. The third-order valence-corrected chi connectivity index (χ3v) is 7.11. The molecule has 0 fully saturated rings. The Balaban J connectivity index is 1.97.